The van der Waals surface area contributed by atoms with Crippen LogP contribution in [0.5, 0.6) is 0 Å². The summed E-state index contributed by atoms with van der Waals surface area (Å²) < 4.78 is 0. The first kappa shape index (κ1) is 15.8. The Morgan fingerprint density at radius 2 is 2.00 bits per heavy atom. The molecule has 20 heavy (non-hydrogen) atoms. The number of rotatable bonds is 7. The highest BCUT2D eigenvalue weighted by molar-refractivity contribution is 5.84. The number of hydrogen-bond acceptors (Lipinski definition) is 3. The largest absolute Gasteiger partial charge is 0.325 e. The lowest BCUT2D eigenvalue weighted by Gasteiger charge is -2.29. The first-order valence-electron chi connectivity index (χ1n) is 8.44. The van der Waals surface area contributed by atoms with E-state index in [1.807, 2.05) is 0 Å². The summed E-state index contributed by atoms with van der Waals surface area (Å²) >= 11 is 0. The van der Waals surface area contributed by atoms with E-state index in [2.05, 4.69) is 36.0 Å². The van der Waals surface area contributed by atoms with Crippen LogP contribution in [0.1, 0.15) is 58.8 Å². The molecule has 1 amide bonds. The maximum absolute atomic E-state index is 12.4. The van der Waals surface area contributed by atoms with Crippen molar-refractivity contribution in [2.75, 3.05) is 20.1 Å². The van der Waals surface area contributed by atoms with Crippen LogP contribution >= 0.6 is 0 Å². The molecule has 1 saturated carbocycles. The molecule has 1 aliphatic carbocycles. The highest BCUT2D eigenvalue weighted by Gasteiger charge is 2.37. The fraction of sp³-hybridized carbons (Fsp3) is 0.938. The van der Waals surface area contributed by atoms with Crippen molar-refractivity contribution in [1.82, 2.24) is 15.1 Å². The number of carbonyl (C=O) groups excluding carboxylic acids is 1. The van der Waals surface area contributed by atoms with E-state index in [0.717, 1.165) is 38.4 Å². The Labute approximate surface area is 123 Å². The van der Waals surface area contributed by atoms with Gasteiger partial charge < -0.3 is 9.80 Å². The minimum atomic E-state index is 0.0448. The molecule has 2 aliphatic rings. The van der Waals surface area contributed by atoms with Crippen molar-refractivity contribution in [2.24, 2.45) is 0 Å². The van der Waals surface area contributed by atoms with Crippen molar-refractivity contribution in [2.45, 2.75) is 77.0 Å². The zero-order valence-corrected chi connectivity index (χ0v) is 13.4. The molecule has 2 rings (SSSR count). The quantitative estimate of drug-likeness (QED) is 0.777. The first-order chi connectivity index (χ1) is 9.67. The number of amides is 1. The predicted octanol–water partition coefficient (Wildman–Crippen LogP) is 2.20. The van der Waals surface area contributed by atoms with Crippen LogP contribution in [0.2, 0.25) is 0 Å². The van der Waals surface area contributed by atoms with Crippen molar-refractivity contribution < 1.29 is 4.79 Å². The lowest BCUT2D eigenvalue weighted by Crippen LogP contribution is -2.43. The molecule has 0 bridgehead atoms. The molecule has 0 radical (unpaired) electrons. The van der Waals surface area contributed by atoms with Crippen LogP contribution < -0.4 is 5.32 Å². The summed E-state index contributed by atoms with van der Waals surface area (Å²) in [4.78, 5) is 16.9. The Balaban J connectivity index is 1.86. The second-order valence-corrected chi connectivity index (χ2v) is 6.38. The summed E-state index contributed by atoms with van der Waals surface area (Å²) in [5.74, 6) is 0.311. The summed E-state index contributed by atoms with van der Waals surface area (Å²) in [6, 6.07) is 0.788. The van der Waals surface area contributed by atoms with Crippen LogP contribution in [0.4, 0.5) is 0 Å². The Hall–Kier alpha value is -0.610. The van der Waals surface area contributed by atoms with Gasteiger partial charge >= 0.3 is 0 Å². The van der Waals surface area contributed by atoms with Gasteiger partial charge in [0.2, 0.25) is 5.91 Å². The first-order valence-corrected chi connectivity index (χ1v) is 8.44. The van der Waals surface area contributed by atoms with Crippen LogP contribution in [0, 0.1) is 0 Å². The fourth-order valence-electron chi connectivity index (χ4n) is 3.61. The van der Waals surface area contributed by atoms with E-state index in [1.165, 1.54) is 25.7 Å². The summed E-state index contributed by atoms with van der Waals surface area (Å²) in [5, 5.41) is 3.49. The fourth-order valence-corrected chi connectivity index (χ4v) is 3.61. The Morgan fingerprint density at radius 3 is 2.60 bits per heavy atom. The van der Waals surface area contributed by atoms with Gasteiger partial charge in [-0.15, -0.1) is 0 Å². The molecule has 116 valence electrons. The molecule has 1 saturated heterocycles. The van der Waals surface area contributed by atoms with Crippen LogP contribution in [0.3, 0.4) is 0 Å². The molecular formula is C16H31N3O. The molecule has 2 atom stereocenters. The topological polar surface area (TPSA) is 35.6 Å². The van der Waals surface area contributed by atoms with E-state index < -0.39 is 0 Å². The molecule has 1 N–H and O–H groups in total. The van der Waals surface area contributed by atoms with E-state index in [4.69, 9.17) is 0 Å². The lowest BCUT2D eigenvalue weighted by molar-refractivity contribution is -0.130. The van der Waals surface area contributed by atoms with Crippen molar-refractivity contribution in [3.05, 3.63) is 0 Å². The smallest absolute Gasteiger partial charge is 0.241 e. The van der Waals surface area contributed by atoms with Gasteiger partial charge in [0.15, 0.2) is 0 Å². The van der Waals surface area contributed by atoms with Gasteiger partial charge in [-0.3, -0.25) is 10.1 Å². The summed E-state index contributed by atoms with van der Waals surface area (Å²) in [6.45, 7) is 6.16. The van der Waals surface area contributed by atoms with Crippen LogP contribution in [-0.4, -0.2) is 54.1 Å². The molecule has 0 aromatic heterocycles. The number of nitrogens with one attached hydrogen (secondary N) is 1. The molecule has 2 unspecified atom stereocenters. The predicted molar refractivity (Wildman–Crippen MR) is 82.5 cm³/mol. The molecule has 2 fully saturated rings. The van der Waals surface area contributed by atoms with Gasteiger partial charge in [-0.25, -0.2) is 0 Å². The number of nitrogens with zero attached hydrogens (tertiary/aromatic N) is 2. The lowest BCUT2D eigenvalue weighted by atomic mass is 10.2. The number of carbonyl (C=O) groups is 1. The standard InChI is InChI=1S/C16H31N3O/c1-4-8-15-17-14(5-2)16(20)19(15)12-11-18(3)13-9-6-7-10-13/h13-15,17H,4-12H2,1-3H3. The van der Waals surface area contributed by atoms with Crippen molar-refractivity contribution in [3.63, 3.8) is 0 Å². The summed E-state index contributed by atoms with van der Waals surface area (Å²) in [6.07, 6.45) is 8.75. The van der Waals surface area contributed by atoms with Crippen molar-refractivity contribution >= 4 is 5.91 Å². The third-order valence-corrected chi connectivity index (χ3v) is 4.96. The highest BCUT2D eigenvalue weighted by atomic mass is 16.2. The average Bonchev–Trinajstić information content (AvgIpc) is 3.06. The molecule has 4 nitrogen and oxygen atoms in total. The van der Waals surface area contributed by atoms with Gasteiger partial charge in [-0.05, 0) is 32.7 Å². The molecule has 0 aromatic carbocycles. The zero-order chi connectivity index (χ0) is 14.5. The second-order valence-electron chi connectivity index (χ2n) is 6.38. The molecule has 0 aromatic rings. The normalized spacial score (nSPS) is 28.0. The van der Waals surface area contributed by atoms with Crippen LogP contribution in [-0.2, 0) is 4.79 Å². The van der Waals surface area contributed by atoms with Gasteiger partial charge in [-0.2, -0.15) is 0 Å². The van der Waals surface area contributed by atoms with Gasteiger partial charge in [0.1, 0.15) is 0 Å². The van der Waals surface area contributed by atoms with E-state index in [9.17, 15) is 4.79 Å². The monoisotopic (exact) mass is 281 g/mol. The van der Waals surface area contributed by atoms with Crippen molar-refractivity contribution in [1.29, 1.82) is 0 Å². The van der Waals surface area contributed by atoms with Crippen molar-refractivity contribution in [3.8, 4) is 0 Å². The average molecular weight is 281 g/mol. The molecule has 4 heteroatoms. The Kier molecular flexibility index (Phi) is 5.85. The van der Waals surface area contributed by atoms with Gasteiger partial charge in [0.25, 0.3) is 0 Å². The minimum absolute atomic E-state index is 0.0448. The molecule has 1 heterocycles. The Bertz CT molecular complexity index is 315. The maximum Gasteiger partial charge on any atom is 0.241 e. The van der Waals surface area contributed by atoms with E-state index in [-0.39, 0.29) is 12.2 Å². The molecular weight excluding hydrogens is 250 g/mol. The van der Waals surface area contributed by atoms with Crippen LogP contribution in [0.15, 0.2) is 0 Å². The number of likely N-dealkylation sites (N-methyl/N-ethyl adjacent to an activating group) is 1. The Morgan fingerprint density at radius 1 is 1.30 bits per heavy atom. The van der Waals surface area contributed by atoms with E-state index in [1.54, 1.807) is 0 Å². The minimum Gasteiger partial charge on any atom is -0.325 e. The third-order valence-electron chi connectivity index (χ3n) is 4.96. The third kappa shape index (κ3) is 3.53. The summed E-state index contributed by atoms with van der Waals surface area (Å²) in [5.41, 5.74) is 0. The molecule has 1 aliphatic heterocycles. The maximum atomic E-state index is 12.4. The SMILES string of the molecule is CCCC1NC(CC)C(=O)N1CCN(C)C1CCCC1. The van der Waals surface area contributed by atoms with E-state index >= 15 is 0 Å². The second kappa shape index (κ2) is 7.41. The highest BCUT2D eigenvalue weighted by Crippen LogP contribution is 2.23. The van der Waals surface area contributed by atoms with Gasteiger partial charge in [0.05, 0.1) is 12.2 Å². The van der Waals surface area contributed by atoms with E-state index in [0.29, 0.717) is 5.91 Å². The van der Waals surface area contributed by atoms with Crippen LogP contribution in [0.25, 0.3) is 0 Å². The molecule has 0 spiro atoms. The van der Waals surface area contributed by atoms with Gasteiger partial charge in [-0.1, -0.05) is 33.1 Å². The zero-order valence-electron chi connectivity index (χ0n) is 13.4. The summed E-state index contributed by atoms with van der Waals surface area (Å²) in [7, 11) is 2.22. The van der Waals surface area contributed by atoms with Gasteiger partial charge in [0, 0.05) is 19.1 Å². The number of hydrogen-bond donors (Lipinski definition) is 1.